The van der Waals surface area contributed by atoms with Gasteiger partial charge in [-0.25, -0.2) is 9.18 Å². The van der Waals surface area contributed by atoms with E-state index in [-0.39, 0.29) is 10.7 Å². The quantitative estimate of drug-likeness (QED) is 0.640. The second kappa shape index (κ2) is 7.52. The van der Waals surface area contributed by atoms with E-state index in [2.05, 4.69) is 10.1 Å². The highest BCUT2D eigenvalue weighted by Gasteiger charge is 2.30. The SMILES string of the molecule is O=C(COC(=O)c1cc(Cl)ccc1F)Nc1ccc(C(F)(F)F)cc1. The van der Waals surface area contributed by atoms with Gasteiger partial charge in [-0.1, -0.05) is 11.6 Å². The summed E-state index contributed by atoms with van der Waals surface area (Å²) in [6.07, 6.45) is -4.49. The molecule has 2 rings (SSSR count). The molecule has 0 aromatic heterocycles. The maximum atomic E-state index is 13.5. The van der Waals surface area contributed by atoms with Crippen LogP contribution in [0.15, 0.2) is 42.5 Å². The molecule has 2 aromatic rings. The van der Waals surface area contributed by atoms with Gasteiger partial charge in [-0.05, 0) is 42.5 Å². The van der Waals surface area contributed by atoms with Crippen molar-refractivity contribution in [2.45, 2.75) is 6.18 Å². The predicted octanol–water partition coefficient (Wildman–Crippen LogP) is 4.29. The van der Waals surface area contributed by atoms with Crippen molar-refractivity contribution >= 4 is 29.2 Å². The number of anilines is 1. The van der Waals surface area contributed by atoms with Crippen LogP contribution in [-0.2, 0) is 15.7 Å². The Labute approximate surface area is 144 Å². The van der Waals surface area contributed by atoms with Crippen molar-refractivity contribution in [3.63, 3.8) is 0 Å². The lowest BCUT2D eigenvalue weighted by molar-refractivity contribution is -0.137. The van der Waals surface area contributed by atoms with Crippen molar-refractivity contribution in [2.75, 3.05) is 11.9 Å². The molecule has 132 valence electrons. The molecule has 0 atom stereocenters. The number of benzene rings is 2. The van der Waals surface area contributed by atoms with E-state index in [1.807, 2.05) is 0 Å². The fourth-order valence-corrected chi connectivity index (χ4v) is 1.97. The van der Waals surface area contributed by atoms with Crippen molar-refractivity contribution in [3.05, 3.63) is 64.4 Å². The summed E-state index contributed by atoms with van der Waals surface area (Å²) in [5, 5.41) is 2.36. The first-order valence-corrected chi connectivity index (χ1v) is 7.14. The normalized spacial score (nSPS) is 11.1. The van der Waals surface area contributed by atoms with Gasteiger partial charge in [0, 0.05) is 10.7 Å². The van der Waals surface area contributed by atoms with Gasteiger partial charge in [-0.3, -0.25) is 4.79 Å². The predicted molar refractivity (Wildman–Crippen MR) is 81.8 cm³/mol. The molecule has 2 aromatic carbocycles. The van der Waals surface area contributed by atoms with Crippen LogP contribution < -0.4 is 5.32 Å². The Morgan fingerprint density at radius 2 is 1.72 bits per heavy atom. The highest BCUT2D eigenvalue weighted by atomic mass is 35.5. The van der Waals surface area contributed by atoms with Crippen LogP contribution in [0.2, 0.25) is 5.02 Å². The van der Waals surface area contributed by atoms with E-state index >= 15 is 0 Å². The summed E-state index contributed by atoms with van der Waals surface area (Å²) < 4.78 is 55.4. The number of alkyl halides is 3. The van der Waals surface area contributed by atoms with E-state index in [0.717, 1.165) is 36.4 Å². The Kier molecular flexibility index (Phi) is 5.63. The zero-order valence-electron chi connectivity index (χ0n) is 12.4. The number of hydrogen-bond acceptors (Lipinski definition) is 3. The van der Waals surface area contributed by atoms with E-state index < -0.39 is 41.6 Å². The number of rotatable bonds is 4. The largest absolute Gasteiger partial charge is 0.452 e. The number of amides is 1. The Hall–Kier alpha value is -2.61. The van der Waals surface area contributed by atoms with E-state index in [4.69, 9.17) is 11.6 Å². The Morgan fingerprint density at radius 1 is 1.08 bits per heavy atom. The number of hydrogen-bond donors (Lipinski definition) is 1. The van der Waals surface area contributed by atoms with Gasteiger partial charge >= 0.3 is 12.1 Å². The summed E-state index contributed by atoms with van der Waals surface area (Å²) in [6, 6.07) is 6.96. The minimum Gasteiger partial charge on any atom is -0.452 e. The van der Waals surface area contributed by atoms with Crippen molar-refractivity contribution < 1.29 is 31.9 Å². The standard InChI is InChI=1S/C16H10ClF4NO3/c17-10-3-6-13(18)12(7-10)15(24)25-8-14(23)22-11-4-1-9(2-5-11)16(19,20)21/h1-7H,8H2,(H,22,23). The Morgan fingerprint density at radius 3 is 2.32 bits per heavy atom. The lowest BCUT2D eigenvalue weighted by atomic mass is 10.2. The molecule has 0 unspecified atom stereocenters. The molecular formula is C16H10ClF4NO3. The van der Waals surface area contributed by atoms with Crippen LogP contribution in [0.4, 0.5) is 23.2 Å². The minimum absolute atomic E-state index is 0.0861. The van der Waals surface area contributed by atoms with E-state index in [0.29, 0.717) is 0 Å². The lowest BCUT2D eigenvalue weighted by Crippen LogP contribution is -2.21. The molecule has 0 bridgehead atoms. The Bertz CT molecular complexity index is 791. The molecule has 0 heterocycles. The van der Waals surface area contributed by atoms with Gasteiger partial charge in [0.2, 0.25) is 0 Å². The van der Waals surface area contributed by atoms with Gasteiger partial charge in [0.15, 0.2) is 6.61 Å². The van der Waals surface area contributed by atoms with Crippen LogP contribution in [-0.4, -0.2) is 18.5 Å². The molecule has 1 amide bonds. The molecule has 0 radical (unpaired) electrons. The molecule has 0 fully saturated rings. The lowest BCUT2D eigenvalue weighted by Gasteiger charge is -2.09. The highest BCUT2D eigenvalue weighted by Crippen LogP contribution is 2.29. The summed E-state index contributed by atoms with van der Waals surface area (Å²) in [7, 11) is 0. The highest BCUT2D eigenvalue weighted by molar-refractivity contribution is 6.30. The topological polar surface area (TPSA) is 55.4 Å². The molecular weight excluding hydrogens is 366 g/mol. The van der Waals surface area contributed by atoms with Gasteiger partial charge in [-0.15, -0.1) is 0 Å². The monoisotopic (exact) mass is 375 g/mol. The third-order valence-electron chi connectivity index (χ3n) is 2.98. The van der Waals surface area contributed by atoms with Crippen LogP contribution in [0.5, 0.6) is 0 Å². The van der Waals surface area contributed by atoms with Gasteiger partial charge in [-0.2, -0.15) is 13.2 Å². The minimum atomic E-state index is -4.49. The third kappa shape index (κ3) is 5.18. The van der Waals surface area contributed by atoms with Crippen LogP contribution in [0.3, 0.4) is 0 Å². The molecule has 9 heteroatoms. The van der Waals surface area contributed by atoms with Crippen molar-refractivity contribution in [1.82, 2.24) is 0 Å². The maximum Gasteiger partial charge on any atom is 0.416 e. The summed E-state index contributed by atoms with van der Waals surface area (Å²) >= 11 is 5.64. The maximum absolute atomic E-state index is 13.5. The van der Waals surface area contributed by atoms with E-state index in [9.17, 15) is 27.2 Å². The van der Waals surface area contributed by atoms with Gasteiger partial charge in [0.1, 0.15) is 5.82 Å². The van der Waals surface area contributed by atoms with Crippen molar-refractivity contribution in [2.24, 2.45) is 0 Å². The fourth-order valence-electron chi connectivity index (χ4n) is 1.80. The molecule has 0 aliphatic carbocycles. The molecule has 0 aliphatic rings. The van der Waals surface area contributed by atoms with Crippen LogP contribution >= 0.6 is 11.6 Å². The van der Waals surface area contributed by atoms with E-state index in [1.54, 1.807) is 0 Å². The summed E-state index contributed by atoms with van der Waals surface area (Å²) in [5.41, 5.74) is -1.22. The summed E-state index contributed by atoms with van der Waals surface area (Å²) in [5.74, 6) is -2.75. The van der Waals surface area contributed by atoms with E-state index in [1.165, 1.54) is 6.07 Å². The van der Waals surface area contributed by atoms with Gasteiger partial charge in [0.25, 0.3) is 5.91 Å². The van der Waals surface area contributed by atoms with Crippen molar-refractivity contribution in [3.8, 4) is 0 Å². The van der Waals surface area contributed by atoms with Crippen LogP contribution in [0.25, 0.3) is 0 Å². The number of carbonyl (C=O) groups excluding carboxylic acids is 2. The zero-order valence-corrected chi connectivity index (χ0v) is 13.1. The van der Waals surface area contributed by atoms with Crippen LogP contribution in [0, 0.1) is 5.82 Å². The first kappa shape index (κ1) is 18.7. The summed E-state index contributed by atoms with van der Waals surface area (Å²) in [6.45, 7) is -0.744. The second-order valence-electron chi connectivity index (χ2n) is 4.82. The van der Waals surface area contributed by atoms with Gasteiger partial charge < -0.3 is 10.1 Å². The molecule has 0 saturated carbocycles. The molecule has 0 saturated heterocycles. The smallest absolute Gasteiger partial charge is 0.416 e. The first-order chi connectivity index (χ1) is 11.7. The van der Waals surface area contributed by atoms with Crippen LogP contribution in [0.1, 0.15) is 15.9 Å². The van der Waals surface area contributed by atoms with Gasteiger partial charge in [0.05, 0.1) is 11.1 Å². The fraction of sp³-hybridized carbons (Fsp3) is 0.125. The zero-order chi connectivity index (χ0) is 18.6. The number of carbonyl (C=O) groups is 2. The summed E-state index contributed by atoms with van der Waals surface area (Å²) in [4.78, 5) is 23.4. The first-order valence-electron chi connectivity index (χ1n) is 6.76. The molecule has 1 N–H and O–H groups in total. The average molecular weight is 376 g/mol. The Balaban J connectivity index is 1.92. The van der Waals surface area contributed by atoms with Crippen molar-refractivity contribution in [1.29, 1.82) is 0 Å². The molecule has 25 heavy (non-hydrogen) atoms. The second-order valence-corrected chi connectivity index (χ2v) is 5.26. The number of halogens is 5. The number of esters is 1. The number of ether oxygens (including phenoxy) is 1. The average Bonchev–Trinajstić information content (AvgIpc) is 2.54. The number of nitrogens with one attached hydrogen (secondary N) is 1. The molecule has 0 spiro atoms. The third-order valence-corrected chi connectivity index (χ3v) is 3.21. The molecule has 4 nitrogen and oxygen atoms in total. The molecule has 0 aliphatic heterocycles.